The monoisotopic (exact) mass is 274 g/mol. The van der Waals surface area contributed by atoms with E-state index in [2.05, 4.69) is 34.5 Å². The topological polar surface area (TPSA) is 41.6 Å². The molecule has 0 spiro atoms. The Balaban J connectivity index is 1.42. The molecule has 0 aliphatic carbocycles. The van der Waals surface area contributed by atoms with Gasteiger partial charge in [-0.1, -0.05) is 24.3 Å². The summed E-state index contributed by atoms with van der Waals surface area (Å²) in [5, 5.41) is 2.99. The van der Waals surface area contributed by atoms with Gasteiger partial charge in [0.25, 0.3) is 0 Å². The van der Waals surface area contributed by atoms with Crippen LogP contribution in [0.15, 0.2) is 24.3 Å². The Kier molecular flexibility index (Phi) is 4.33. The zero-order valence-corrected chi connectivity index (χ0v) is 11.8. The Morgan fingerprint density at radius 3 is 3.00 bits per heavy atom. The van der Waals surface area contributed by atoms with Crippen molar-refractivity contribution < 1.29 is 9.53 Å². The van der Waals surface area contributed by atoms with Gasteiger partial charge in [-0.25, -0.2) is 0 Å². The van der Waals surface area contributed by atoms with Crippen LogP contribution in [-0.4, -0.2) is 43.2 Å². The van der Waals surface area contributed by atoms with Gasteiger partial charge in [0.15, 0.2) is 0 Å². The first-order chi connectivity index (χ1) is 9.83. The molecule has 1 fully saturated rings. The lowest BCUT2D eigenvalue weighted by atomic mass is 10.00. The minimum absolute atomic E-state index is 0.0555. The highest BCUT2D eigenvalue weighted by atomic mass is 16.5. The SMILES string of the molecule is O=C(NCCN1CCc2ccccc2C1)C1CCCO1. The van der Waals surface area contributed by atoms with Crippen molar-refractivity contribution in [3.63, 3.8) is 0 Å². The van der Waals surface area contributed by atoms with Crippen molar-refractivity contribution in [1.82, 2.24) is 10.2 Å². The van der Waals surface area contributed by atoms with Gasteiger partial charge in [0.05, 0.1) is 0 Å². The Labute approximate surface area is 120 Å². The Morgan fingerprint density at radius 1 is 1.35 bits per heavy atom. The normalized spacial score (nSPS) is 22.5. The Hall–Kier alpha value is -1.39. The van der Waals surface area contributed by atoms with E-state index in [0.717, 1.165) is 45.5 Å². The van der Waals surface area contributed by atoms with E-state index >= 15 is 0 Å². The number of nitrogens with zero attached hydrogens (tertiary/aromatic N) is 1. The second-order valence-corrected chi connectivity index (χ2v) is 5.59. The van der Waals surface area contributed by atoms with Crippen LogP contribution in [0.4, 0.5) is 0 Å². The lowest BCUT2D eigenvalue weighted by molar-refractivity contribution is -0.130. The van der Waals surface area contributed by atoms with E-state index in [0.29, 0.717) is 6.54 Å². The molecule has 1 N–H and O–H groups in total. The highest BCUT2D eigenvalue weighted by molar-refractivity contribution is 5.80. The van der Waals surface area contributed by atoms with Crippen molar-refractivity contribution >= 4 is 5.91 Å². The number of nitrogens with one attached hydrogen (secondary N) is 1. The molecule has 2 aliphatic heterocycles. The van der Waals surface area contributed by atoms with Gasteiger partial charge in [-0.2, -0.15) is 0 Å². The van der Waals surface area contributed by atoms with Gasteiger partial charge < -0.3 is 10.1 Å². The third kappa shape index (κ3) is 3.19. The first-order valence-corrected chi connectivity index (χ1v) is 7.51. The summed E-state index contributed by atoms with van der Waals surface area (Å²) in [6, 6.07) is 8.62. The van der Waals surface area contributed by atoms with E-state index in [1.54, 1.807) is 0 Å². The van der Waals surface area contributed by atoms with Gasteiger partial charge in [0, 0.05) is 32.8 Å². The van der Waals surface area contributed by atoms with E-state index < -0.39 is 0 Å². The number of hydrogen-bond donors (Lipinski definition) is 1. The fourth-order valence-electron chi connectivity index (χ4n) is 2.98. The fourth-order valence-corrected chi connectivity index (χ4v) is 2.98. The van der Waals surface area contributed by atoms with Gasteiger partial charge in [0.1, 0.15) is 6.10 Å². The first kappa shape index (κ1) is 13.6. The summed E-state index contributed by atoms with van der Waals surface area (Å²) in [5.41, 5.74) is 2.89. The number of ether oxygens (including phenoxy) is 1. The average Bonchev–Trinajstić information content (AvgIpc) is 3.01. The third-order valence-corrected chi connectivity index (χ3v) is 4.16. The molecule has 0 saturated carbocycles. The molecule has 0 bridgehead atoms. The summed E-state index contributed by atoms with van der Waals surface area (Å²) in [4.78, 5) is 14.2. The Bertz CT molecular complexity index is 469. The van der Waals surface area contributed by atoms with Crippen molar-refractivity contribution in [3.8, 4) is 0 Å². The standard InChI is InChI=1S/C16H22N2O2/c19-16(15-6-3-11-20-15)17-8-10-18-9-7-13-4-1-2-5-14(13)12-18/h1-2,4-5,15H,3,6-12H2,(H,17,19). The molecule has 1 atom stereocenters. The molecule has 1 aromatic rings. The van der Waals surface area contributed by atoms with Crippen LogP contribution in [0, 0.1) is 0 Å². The quantitative estimate of drug-likeness (QED) is 0.901. The summed E-state index contributed by atoms with van der Waals surface area (Å²) in [5.74, 6) is 0.0555. The number of fused-ring (bicyclic) bond motifs is 1. The molecule has 1 amide bonds. The van der Waals surface area contributed by atoms with Gasteiger partial charge in [-0.15, -0.1) is 0 Å². The minimum atomic E-state index is -0.211. The van der Waals surface area contributed by atoms with Crippen molar-refractivity contribution in [2.45, 2.75) is 31.9 Å². The molecule has 2 heterocycles. The first-order valence-electron chi connectivity index (χ1n) is 7.51. The molecular weight excluding hydrogens is 252 g/mol. The lowest BCUT2D eigenvalue weighted by Crippen LogP contribution is -2.41. The maximum atomic E-state index is 11.8. The molecule has 3 rings (SSSR count). The molecule has 4 heteroatoms. The molecular formula is C16H22N2O2. The second kappa shape index (κ2) is 6.37. The van der Waals surface area contributed by atoms with Crippen molar-refractivity contribution in [1.29, 1.82) is 0 Å². The lowest BCUT2D eigenvalue weighted by Gasteiger charge is -2.28. The van der Waals surface area contributed by atoms with Crippen LogP contribution >= 0.6 is 0 Å². The van der Waals surface area contributed by atoms with Gasteiger partial charge in [-0.3, -0.25) is 9.69 Å². The zero-order valence-electron chi connectivity index (χ0n) is 11.8. The summed E-state index contributed by atoms with van der Waals surface area (Å²) >= 11 is 0. The van der Waals surface area contributed by atoms with Crippen LogP contribution in [0.25, 0.3) is 0 Å². The number of carbonyl (C=O) groups is 1. The van der Waals surface area contributed by atoms with E-state index in [-0.39, 0.29) is 12.0 Å². The maximum absolute atomic E-state index is 11.8. The number of amides is 1. The van der Waals surface area contributed by atoms with Crippen LogP contribution in [0.2, 0.25) is 0 Å². The summed E-state index contributed by atoms with van der Waals surface area (Å²) in [6.45, 7) is 4.41. The van der Waals surface area contributed by atoms with Crippen LogP contribution < -0.4 is 5.32 Å². The molecule has 2 aliphatic rings. The predicted molar refractivity (Wildman–Crippen MR) is 77.4 cm³/mol. The van der Waals surface area contributed by atoms with E-state index in [1.807, 2.05) is 0 Å². The van der Waals surface area contributed by atoms with Crippen LogP contribution in [-0.2, 0) is 22.5 Å². The van der Waals surface area contributed by atoms with E-state index in [9.17, 15) is 4.79 Å². The molecule has 1 unspecified atom stereocenters. The predicted octanol–water partition coefficient (Wildman–Crippen LogP) is 1.34. The van der Waals surface area contributed by atoms with Crippen LogP contribution in [0.3, 0.4) is 0 Å². The summed E-state index contributed by atoms with van der Waals surface area (Å²) < 4.78 is 5.38. The number of carbonyl (C=O) groups excluding carboxylic acids is 1. The van der Waals surface area contributed by atoms with Gasteiger partial charge in [0.2, 0.25) is 5.91 Å². The molecule has 108 valence electrons. The summed E-state index contributed by atoms with van der Waals surface area (Å²) in [7, 11) is 0. The van der Waals surface area contributed by atoms with Crippen molar-refractivity contribution in [2.75, 3.05) is 26.2 Å². The molecule has 1 saturated heterocycles. The van der Waals surface area contributed by atoms with Gasteiger partial charge in [-0.05, 0) is 30.4 Å². The average molecular weight is 274 g/mol. The van der Waals surface area contributed by atoms with E-state index in [1.165, 1.54) is 11.1 Å². The van der Waals surface area contributed by atoms with Crippen molar-refractivity contribution in [2.24, 2.45) is 0 Å². The largest absolute Gasteiger partial charge is 0.368 e. The number of benzene rings is 1. The molecule has 4 nitrogen and oxygen atoms in total. The number of hydrogen-bond acceptors (Lipinski definition) is 3. The smallest absolute Gasteiger partial charge is 0.249 e. The van der Waals surface area contributed by atoms with E-state index in [4.69, 9.17) is 4.74 Å². The van der Waals surface area contributed by atoms with Gasteiger partial charge >= 0.3 is 0 Å². The van der Waals surface area contributed by atoms with Crippen LogP contribution in [0.1, 0.15) is 24.0 Å². The Morgan fingerprint density at radius 2 is 2.20 bits per heavy atom. The second-order valence-electron chi connectivity index (χ2n) is 5.59. The molecule has 0 aromatic heterocycles. The molecule has 1 aromatic carbocycles. The van der Waals surface area contributed by atoms with Crippen molar-refractivity contribution in [3.05, 3.63) is 35.4 Å². The van der Waals surface area contributed by atoms with Crippen LogP contribution in [0.5, 0.6) is 0 Å². The highest BCUT2D eigenvalue weighted by Crippen LogP contribution is 2.17. The highest BCUT2D eigenvalue weighted by Gasteiger charge is 2.23. The zero-order chi connectivity index (χ0) is 13.8. The molecule has 0 radical (unpaired) electrons. The summed E-state index contributed by atoms with van der Waals surface area (Å²) in [6.07, 6.45) is 2.76. The maximum Gasteiger partial charge on any atom is 0.249 e. The molecule has 20 heavy (non-hydrogen) atoms. The number of rotatable bonds is 4. The third-order valence-electron chi connectivity index (χ3n) is 4.16. The minimum Gasteiger partial charge on any atom is -0.368 e. The fraction of sp³-hybridized carbons (Fsp3) is 0.562.